The van der Waals surface area contributed by atoms with Crippen LogP contribution in [0.25, 0.3) is 0 Å². The van der Waals surface area contributed by atoms with E-state index in [1.165, 1.54) is 25.3 Å². The zero-order chi connectivity index (χ0) is 21.0. The molecule has 9 heteroatoms. The predicted molar refractivity (Wildman–Crippen MR) is 103 cm³/mol. The molecule has 0 bridgehead atoms. The van der Waals surface area contributed by atoms with Crippen LogP contribution in [0.4, 0.5) is 0 Å². The molecule has 0 aliphatic carbocycles. The number of benzene rings is 1. The van der Waals surface area contributed by atoms with Gasteiger partial charge in [-0.15, -0.1) is 0 Å². The SMILES string of the molecule is COc1ccc([C@@H](CC(N)=O)c2oc(CN3CCOCC3)cc(=O)c2O)cc1O. The van der Waals surface area contributed by atoms with Crippen LogP contribution in [0.2, 0.25) is 0 Å². The summed E-state index contributed by atoms with van der Waals surface area (Å²) in [6.45, 7) is 2.92. The normalized spacial score (nSPS) is 15.8. The maximum absolute atomic E-state index is 12.4. The Morgan fingerprint density at radius 3 is 2.62 bits per heavy atom. The number of carbonyl (C=O) groups is 1. The highest BCUT2D eigenvalue weighted by molar-refractivity contribution is 5.75. The van der Waals surface area contributed by atoms with Gasteiger partial charge in [0.25, 0.3) is 0 Å². The van der Waals surface area contributed by atoms with Gasteiger partial charge in [-0.1, -0.05) is 6.07 Å². The maximum Gasteiger partial charge on any atom is 0.227 e. The van der Waals surface area contributed by atoms with E-state index in [0.717, 1.165) is 0 Å². The second kappa shape index (κ2) is 8.97. The number of carbonyl (C=O) groups excluding carboxylic acids is 1. The fraction of sp³-hybridized carbons (Fsp3) is 0.400. The second-order valence-electron chi connectivity index (χ2n) is 6.83. The number of hydrogen-bond acceptors (Lipinski definition) is 8. The van der Waals surface area contributed by atoms with Gasteiger partial charge in [0.1, 0.15) is 5.76 Å². The molecule has 1 fully saturated rings. The smallest absolute Gasteiger partial charge is 0.227 e. The van der Waals surface area contributed by atoms with Gasteiger partial charge in [-0.3, -0.25) is 14.5 Å². The average Bonchev–Trinajstić information content (AvgIpc) is 2.69. The lowest BCUT2D eigenvalue weighted by Gasteiger charge is -2.26. The third-order valence-corrected chi connectivity index (χ3v) is 4.81. The number of rotatable bonds is 7. The summed E-state index contributed by atoms with van der Waals surface area (Å²) in [5, 5.41) is 20.5. The number of nitrogens with two attached hydrogens (primary N) is 1. The highest BCUT2D eigenvalue weighted by atomic mass is 16.5. The minimum absolute atomic E-state index is 0.0656. The van der Waals surface area contributed by atoms with Gasteiger partial charge in [0, 0.05) is 25.6 Å². The Morgan fingerprint density at radius 1 is 1.28 bits per heavy atom. The number of ether oxygens (including phenoxy) is 2. The van der Waals surface area contributed by atoms with E-state index in [1.54, 1.807) is 6.07 Å². The first-order valence-corrected chi connectivity index (χ1v) is 9.20. The van der Waals surface area contributed by atoms with E-state index >= 15 is 0 Å². The molecular weight excluding hydrogens is 380 g/mol. The van der Waals surface area contributed by atoms with Crippen LogP contribution < -0.4 is 15.9 Å². The lowest BCUT2D eigenvalue weighted by Crippen LogP contribution is -2.35. The third kappa shape index (κ3) is 4.87. The summed E-state index contributed by atoms with van der Waals surface area (Å²) in [5.41, 5.74) is 5.23. The van der Waals surface area contributed by atoms with Crippen LogP contribution in [0, 0.1) is 0 Å². The summed E-state index contributed by atoms with van der Waals surface area (Å²) < 4.78 is 16.2. The number of nitrogens with zero attached hydrogens (tertiary/aromatic N) is 1. The van der Waals surface area contributed by atoms with Crippen molar-refractivity contribution in [3.8, 4) is 17.2 Å². The molecule has 29 heavy (non-hydrogen) atoms. The first-order valence-electron chi connectivity index (χ1n) is 9.20. The van der Waals surface area contributed by atoms with Crippen molar-refractivity contribution in [2.24, 2.45) is 5.73 Å². The van der Waals surface area contributed by atoms with E-state index in [4.69, 9.17) is 19.6 Å². The minimum atomic E-state index is -0.846. The van der Waals surface area contributed by atoms with Crippen LogP contribution in [0.15, 0.2) is 33.5 Å². The van der Waals surface area contributed by atoms with Crippen LogP contribution in [0.1, 0.15) is 29.4 Å². The van der Waals surface area contributed by atoms with Gasteiger partial charge in [-0.2, -0.15) is 0 Å². The molecule has 1 saturated heterocycles. The fourth-order valence-electron chi connectivity index (χ4n) is 3.34. The van der Waals surface area contributed by atoms with E-state index in [2.05, 4.69) is 4.90 Å². The monoisotopic (exact) mass is 404 g/mol. The van der Waals surface area contributed by atoms with E-state index in [9.17, 15) is 19.8 Å². The number of morpholine rings is 1. The minimum Gasteiger partial charge on any atom is -0.504 e. The van der Waals surface area contributed by atoms with Crippen molar-refractivity contribution in [1.82, 2.24) is 4.90 Å². The predicted octanol–water partition coefficient (Wildman–Crippen LogP) is 0.899. The van der Waals surface area contributed by atoms with Gasteiger partial charge in [-0.05, 0) is 17.7 Å². The Balaban J connectivity index is 2.01. The van der Waals surface area contributed by atoms with Gasteiger partial charge in [-0.25, -0.2) is 0 Å². The molecule has 156 valence electrons. The first kappa shape index (κ1) is 20.7. The van der Waals surface area contributed by atoms with E-state index in [0.29, 0.717) is 44.2 Å². The van der Waals surface area contributed by atoms with Crippen molar-refractivity contribution in [3.05, 3.63) is 51.6 Å². The largest absolute Gasteiger partial charge is 0.504 e. The zero-order valence-electron chi connectivity index (χ0n) is 16.1. The molecule has 4 N–H and O–H groups in total. The van der Waals surface area contributed by atoms with Gasteiger partial charge >= 0.3 is 0 Å². The molecule has 2 aromatic rings. The summed E-state index contributed by atoms with van der Waals surface area (Å²) in [4.78, 5) is 26.1. The number of phenolic OH excluding ortho intramolecular Hbond substituents is 1. The number of hydrogen-bond donors (Lipinski definition) is 3. The summed E-state index contributed by atoms with van der Waals surface area (Å²) in [7, 11) is 1.41. The molecule has 1 aromatic heterocycles. The number of amides is 1. The molecule has 3 rings (SSSR count). The molecule has 0 radical (unpaired) electrons. The highest BCUT2D eigenvalue weighted by Crippen LogP contribution is 2.37. The number of primary amides is 1. The van der Waals surface area contributed by atoms with Crippen molar-refractivity contribution in [1.29, 1.82) is 0 Å². The van der Waals surface area contributed by atoms with Gasteiger partial charge in [0.05, 0.1) is 32.8 Å². The molecule has 0 saturated carbocycles. The maximum atomic E-state index is 12.4. The van der Waals surface area contributed by atoms with E-state index < -0.39 is 23.0 Å². The van der Waals surface area contributed by atoms with Crippen molar-refractivity contribution < 1.29 is 28.9 Å². The number of methoxy groups -OCH3 is 1. The number of aromatic hydroxyl groups is 2. The summed E-state index contributed by atoms with van der Waals surface area (Å²) >= 11 is 0. The Kier molecular flexibility index (Phi) is 6.40. The van der Waals surface area contributed by atoms with Gasteiger partial charge in [0.15, 0.2) is 17.3 Å². The van der Waals surface area contributed by atoms with Crippen LogP contribution >= 0.6 is 0 Å². The third-order valence-electron chi connectivity index (χ3n) is 4.81. The molecule has 1 amide bonds. The molecular formula is C20H24N2O7. The topological polar surface area (TPSA) is 135 Å². The fourth-order valence-corrected chi connectivity index (χ4v) is 3.34. The van der Waals surface area contributed by atoms with E-state index in [1.807, 2.05) is 0 Å². The molecule has 0 unspecified atom stereocenters. The van der Waals surface area contributed by atoms with Gasteiger partial charge in [0.2, 0.25) is 17.1 Å². The molecule has 9 nitrogen and oxygen atoms in total. The summed E-state index contributed by atoms with van der Waals surface area (Å²) in [5.74, 6) is -1.69. The summed E-state index contributed by atoms with van der Waals surface area (Å²) in [6, 6.07) is 5.76. The Morgan fingerprint density at radius 2 is 2.00 bits per heavy atom. The lowest BCUT2D eigenvalue weighted by atomic mass is 9.91. The Hall–Kier alpha value is -3.04. The molecule has 1 aliphatic heterocycles. The standard InChI is InChI=1S/C20H24N2O7/c1-27-17-3-2-12(8-15(17)23)14(10-18(21)25)20-19(26)16(24)9-13(29-20)11-22-4-6-28-7-5-22/h2-3,8-9,14,23,26H,4-7,10-11H2,1H3,(H2,21,25)/t14-/m1/s1. The molecule has 1 aliphatic rings. The van der Waals surface area contributed by atoms with E-state index in [-0.39, 0.29) is 23.7 Å². The quantitative estimate of drug-likeness (QED) is 0.619. The van der Waals surface area contributed by atoms with Crippen molar-refractivity contribution in [2.45, 2.75) is 18.9 Å². The van der Waals surface area contributed by atoms with Crippen LogP contribution in [-0.4, -0.2) is 54.4 Å². The Bertz CT molecular complexity index is 935. The van der Waals surface area contributed by atoms with Crippen molar-refractivity contribution in [3.63, 3.8) is 0 Å². The number of phenols is 1. The zero-order valence-corrected chi connectivity index (χ0v) is 16.1. The first-order chi connectivity index (χ1) is 13.9. The van der Waals surface area contributed by atoms with Crippen LogP contribution in [0.3, 0.4) is 0 Å². The van der Waals surface area contributed by atoms with Crippen molar-refractivity contribution >= 4 is 5.91 Å². The van der Waals surface area contributed by atoms with Gasteiger partial charge < -0.3 is 29.8 Å². The second-order valence-corrected chi connectivity index (χ2v) is 6.83. The molecule has 1 atom stereocenters. The lowest BCUT2D eigenvalue weighted by molar-refractivity contribution is -0.118. The van der Waals surface area contributed by atoms with Crippen LogP contribution in [-0.2, 0) is 16.1 Å². The van der Waals surface area contributed by atoms with Crippen LogP contribution in [0.5, 0.6) is 17.2 Å². The average molecular weight is 404 g/mol. The molecule has 1 aromatic carbocycles. The van der Waals surface area contributed by atoms with Crippen molar-refractivity contribution in [2.75, 3.05) is 33.4 Å². The molecule has 0 spiro atoms. The Labute approximate surface area is 167 Å². The summed E-state index contributed by atoms with van der Waals surface area (Å²) in [6.07, 6.45) is -0.219. The molecule has 2 heterocycles. The highest BCUT2D eigenvalue weighted by Gasteiger charge is 2.26.